The number of ether oxygens (including phenoxy) is 1. The minimum absolute atomic E-state index is 0.0439. The van der Waals surface area contributed by atoms with Crippen LogP contribution in [-0.2, 0) is 22.6 Å². The highest BCUT2D eigenvalue weighted by atomic mass is 35.5. The van der Waals surface area contributed by atoms with Gasteiger partial charge < -0.3 is 10.1 Å². The normalized spacial score (nSPS) is 15.2. The summed E-state index contributed by atoms with van der Waals surface area (Å²) < 4.78 is 5.04. The van der Waals surface area contributed by atoms with Crippen molar-refractivity contribution >= 4 is 46.1 Å². The van der Waals surface area contributed by atoms with E-state index >= 15 is 0 Å². The van der Waals surface area contributed by atoms with Crippen molar-refractivity contribution in [1.29, 1.82) is 0 Å². The summed E-state index contributed by atoms with van der Waals surface area (Å²) in [5, 5.41) is 5.00. The summed E-state index contributed by atoms with van der Waals surface area (Å²) in [7, 11) is 1.42. The number of carbonyl (C=O) groups excluding carboxylic acids is 1. The van der Waals surface area contributed by atoms with Crippen molar-refractivity contribution in [3.05, 3.63) is 89.2 Å². The van der Waals surface area contributed by atoms with E-state index in [0.29, 0.717) is 12.4 Å². The summed E-state index contributed by atoms with van der Waals surface area (Å²) >= 11 is 7.85. The first kappa shape index (κ1) is 29.3. The van der Waals surface area contributed by atoms with E-state index in [2.05, 4.69) is 51.5 Å². The molecule has 0 aliphatic carbocycles. The Morgan fingerprint density at radius 2 is 1.59 bits per heavy atom. The molecule has 2 heterocycles. The number of carbonyl (C=O) groups is 1. The van der Waals surface area contributed by atoms with Crippen molar-refractivity contribution in [2.45, 2.75) is 42.8 Å². The second kappa shape index (κ2) is 13.7. The minimum atomic E-state index is -0.490. The molecule has 0 unspecified atom stereocenters. The number of hydrogen-bond donors (Lipinski definition) is 1. The molecule has 0 bridgehead atoms. The third-order valence-electron chi connectivity index (χ3n) is 7.30. The van der Waals surface area contributed by atoms with E-state index in [0.717, 1.165) is 54.5 Å². The molecule has 1 N–H and O–H groups in total. The standard InChI is InChI=1S/C32H36ClN5O2S/c1-22(2)30(32(39)40-3)36-31-26-9-5-6-10-27(26)34-29(35-31)21-38-18-16-37(17-19-38)20-23-8-4-7-11-28(23)41-25-14-12-24(33)13-15-25/h4-15,22,30H,16-21H2,1-3H3,(H,34,35,36)/t30-/m0/s1. The van der Waals surface area contributed by atoms with Crippen LogP contribution in [0.25, 0.3) is 10.9 Å². The third-order valence-corrected chi connectivity index (χ3v) is 8.68. The molecule has 0 radical (unpaired) electrons. The van der Waals surface area contributed by atoms with Gasteiger partial charge >= 0.3 is 5.97 Å². The first-order valence-corrected chi connectivity index (χ1v) is 15.1. The highest BCUT2D eigenvalue weighted by Crippen LogP contribution is 2.32. The zero-order valence-electron chi connectivity index (χ0n) is 23.7. The second-order valence-electron chi connectivity index (χ2n) is 10.6. The van der Waals surface area contributed by atoms with Gasteiger partial charge in [0.2, 0.25) is 0 Å². The molecule has 0 spiro atoms. The Kier molecular flexibility index (Phi) is 9.77. The average Bonchev–Trinajstić information content (AvgIpc) is 2.98. The monoisotopic (exact) mass is 589 g/mol. The lowest BCUT2D eigenvalue weighted by Crippen LogP contribution is -2.45. The van der Waals surface area contributed by atoms with Crippen LogP contribution in [0.5, 0.6) is 0 Å². The van der Waals surface area contributed by atoms with Crippen LogP contribution in [0.4, 0.5) is 5.82 Å². The molecule has 41 heavy (non-hydrogen) atoms. The number of esters is 1. The Morgan fingerprint density at radius 1 is 0.927 bits per heavy atom. The first-order chi connectivity index (χ1) is 19.9. The van der Waals surface area contributed by atoms with Gasteiger partial charge in [-0.25, -0.2) is 14.8 Å². The van der Waals surface area contributed by atoms with E-state index in [1.54, 1.807) is 11.8 Å². The topological polar surface area (TPSA) is 70.6 Å². The zero-order chi connectivity index (χ0) is 28.8. The number of hydrogen-bond acceptors (Lipinski definition) is 8. The van der Waals surface area contributed by atoms with Crippen LogP contribution in [0.15, 0.2) is 82.6 Å². The SMILES string of the molecule is COC(=O)[C@@H](Nc1nc(CN2CCN(Cc3ccccc3Sc3ccc(Cl)cc3)CC2)nc2ccccc12)C(C)C. The van der Waals surface area contributed by atoms with Crippen molar-refractivity contribution in [3.63, 3.8) is 0 Å². The summed E-state index contributed by atoms with van der Waals surface area (Å²) in [6, 6.07) is 24.1. The van der Waals surface area contributed by atoms with E-state index in [4.69, 9.17) is 26.3 Å². The number of rotatable bonds is 10. The lowest BCUT2D eigenvalue weighted by molar-refractivity contribution is -0.142. The van der Waals surface area contributed by atoms with Gasteiger partial charge in [-0.3, -0.25) is 9.80 Å². The fourth-order valence-corrected chi connectivity index (χ4v) is 6.05. The molecule has 3 aromatic carbocycles. The fourth-order valence-electron chi connectivity index (χ4n) is 4.99. The lowest BCUT2D eigenvalue weighted by atomic mass is 10.0. The number of anilines is 1. The van der Waals surface area contributed by atoms with Crippen LogP contribution in [0.3, 0.4) is 0 Å². The molecule has 7 nitrogen and oxygen atoms in total. The fraction of sp³-hybridized carbons (Fsp3) is 0.344. The average molecular weight is 590 g/mol. The molecule has 1 aliphatic rings. The Labute approximate surface area is 251 Å². The molecular weight excluding hydrogens is 554 g/mol. The number of aromatic nitrogens is 2. The number of benzene rings is 3. The minimum Gasteiger partial charge on any atom is -0.467 e. The van der Waals surface area contributed by atoms with Crippen LogP contribution >= 0.6 is 23.4 Å². The molecule has 1 aromatic heterocycles. The molecule has 1 fully saturated rings. The Bertz CT molecular complexity index is 1470. The van der Waals surface area contributed by atoms with E-state index < -0.39 is 6.04 Å². The van der Waals surface area contributed by atoms with Gasteiger partial charge in [-0.1, -0.05) is 67.5 Å². The Hall–Kier alpha value is -3.17. The van der Waals surface area contributed by atoms with Crippen molar-refractivity contribution in [2.75, 3.05) is 38.6 Å². The van der Waals surface area contributed by atoms with Crippen LogP contribution in [0.2, 0.25) is 5.02 Å². The van der Waals surface area contributed by atoms with Crippen LogP contribution in [0.1, 0.15) is 25.2 Å². The highest BCUT2D eigenvalue weighted by Gasteiger charge is 2.25. The molecule has 0 amide bonds. The predicted molar refractivity (Wildman–Crippen MR) is 166 cm³/mol. The molecule has 9 heteroatoms. The van der Waals surface area contributed by atoms with Crippen molar-refractivity contribution in [3.8, 4) is 0 Å². The highest BCUT2D eigenvalue weighted by molar-refractivity contribution is 7.99. The van der Waals surface area contributed by atoms with Gasteiger partial charge in [-0.05, 0) is 53.9 Å². The summed E-state index contributed by atoms with van der Waals surface area (Å²) in [4.78, 5) is 29.5. The van der Waals surface area contributed by atoms with Gasteiger partial charge in [-0.2, -0.15) is 0 Å². The maximum Gasteiger partial charge on any atom is 0.328 e. The lowest BCUT2D eigenvalue weighted by Gasteiger charge is -2.34. The second-order valence-corrected chi connectivity index (χ2v) is 12.2. The zero-order valence-corrected chi connectivity index (χ0v) is 25.3. The van der Waals surface area contributed by atoms with Crippen LogP contribution in [-0.4, -0.2) is 65.1 Å². The largest absolute Gasteiger partial charge is 0.467 e. The van der Waals surface area contributed by atoms with Crippen molar-refractivity contribution < 1.29 is 9.53 Å². The number of piperazine rings is 1. The number of nitrogens with one attached hydrogen (secondary N) is 1. The van der Waals surface area contributed by atoms with E-state index in [1.165, 1.54) is 22.5 Å². The first-order valence-electron chi connectivity index (χ1n) is 14.0. The predicted octanol–water partition coefficient (Wildman–Crippen LogP) is 6.36. The van der Waals surface area contributed by atoms with Gasteiger partial charge in [-0.15, -0.1) is 0 Å². The smallest absolute Gasteiger partial charge is 0.328 e. The summed E-state index contributed by atoms with van der Waals surface area (Å²) in [5.74, 6) is 1.16. The maximum absolute atomic E-state index is 12.4. The Morgan fingerprint density at radius 3 is 2.29 bits per heavy atom. The molecule has 4 aromatic rings. The molecule has 1 aliphatic heterocycles. The van der Waals surface area contributed by atoms with Gasteiger partial charge in [0.15, 0.2) is 0 Å². The molecule has 1 saturated heterocycles. The molecule has 214 valence electrons. The van der Waals surface area contributed by atoms with Gasteiger partial charge in [0, 0.05) is 52.9 Å². The number of fused-ring (bicyclic) bond motifs is 1. The third kappa shape index (κ3) is 7.57. The van der Waals surface area contributed by atoms with Crippen LogP contribution in [0, 0.1) is 5.92 Å². The summed E-state index contributed by atoms with van der Waals surface area (Å²) in [5.41, 5.74) is 2.19. The van der Waals surface area contributed by atoms with E-state index in [9.17, 15) is 4.79 Å². The number of halogens is 1. The summed E-state index contributed by atoms with van der Waals surface area (Å²) in [6.07, 6.45) is 0. The summed E-state index contributed by atoms with van der Waals surface area (Å²) in [6.45, 7) is 9.35. The van der Waals surface area contributed by atoms with Gasteiger partial charge in [0.05, 0.1) is 19.2 Å². The van der Waals surface area contributed by atoms with Crippen molar-refractivity contribution in [1.82, 2.24) is 19.8 Å². The van der Waals surface area contributed by atoms with E-state index in [-0.39, 0.29) is 11.9 Å². The number of nitrogens with zero attached hydrogens (tertiary/aromatic N) is 4. The quantitative estimate of drug-likeness (QED) is 0.214. The maximum atomic E-state index is 12.4. The van der Waals surface area contributed by atoms with Crippen LogP contribution < -0.4 is 5.32 Å². The Balaban J connectivity index is 1.24. The van der Waals surface area contributed by atoms with Gasteiger partial charge in [0.25, 0.3) is 0 Å². The van der Waals surface area contributed by atoms with E-state index in [1.807, 2.05) is 50.2 Å². The number of methoxy groups -OCH3 is 1. The molecule has 1 atom stereocenters. The number of para-hydroxylation sites is 1. The molecule has 0 saturated carbocycles. The van der Waals surface area contributed by atoms with Crippen molar-refractivity contribution in [2.24, 2.45) is 5.92 Å². The van der Waals surface area contributed by atoms with Gasteiger partial charge in [0.1, 0.15) is 17.7 Å². The molecular formula is C32H36ClN5O2S. The molecule has 5 rings (SSSR count).